The third kappa shape index (κ3) is 7.70. The van der Waals surface area contributed by atoms with Crippen molar-refractivity contribution >= 4 is 21.5 Å². The van der Waals surface area contributed by atoms with Crippen LogP contribution in [-0.2, 0) is 27.2 Å². The van der Waals surface area contributed by atoms with Gasteiger partial charge in [-0.2, -0.15) is 9.29 Å². The Morgan fingerprint density at radius 3 is 2.39 bits per heavy atom. The number of aromatic nitrogens is 2. The van der Waals surface area contributed by atoms with Crippen molar-refractivity contribution in [1.29, 1.82) is 0 Å². The molecular formula is C14H27N4O11P2+. The lowest BCUT2D eigenvalue weighted by molar-refractivity contribution is -0.870. The Bertz CT molecular complexity index is 920. The molecule has 6 N–H and O–H groups in total. The standard InChI is InChI=1S/C14H26N4O11P2/c1-18(2,3)6-7-26-30(22,23)29-31(24,25)27-8-9-11(19)12(20)13(28-9)17-5-4-10(15)16-14(17)21/h4-5,9,11-13,19-20H,6-8H2,1-3H3,(H3-,15,16,21,22,23,24,25)/p+1/t9?,11?,12?,13-/m1/s1. The van der Waals surface area contributed by atoms with Crippen LogP contribution in [0.15, 0.2) is 17.1 Å². The van der Waals surface area contributed by atoms with Crippen molar-refractivity contribution in [2.45, 2.75) is 24.5 Å². The Balaban J connectivity index is 1.96. The van der Waals surface area contributed by atoms with Gasteiger partial charge in [-0.25, -0.2) is 13.9 Å². The topological polar surface area (TPSA) is 213 Å². The van der Waals surface area contributed by atoms with Crippen molar-refractivity contribution in [1.82, 2.24) is 9.55 Å². The van der Waals surface area contributed by atoms with Gasteiger partial charge in [-0.15, -0.1) is 0 Å². The number of aliphatic hydroxyl groups excluding tert-OH is 2. The number of likely N-dealkylation sites (N-methyl/N-ethyl adjacent to an activating group) is 1. The van der Waals surface area contributed by atoms with Gasteiger partial charge >= 0.3 is 21.3 Å². The molecule has 0 aromatic carbocycles. The highest BCUT2D eigenvalue weighted by atomic mass is 31.3. The molecule has 1 aliphatic heterocycles. The largest absolute Gasteiger partial charge is 0.481 e. The van der Waals surface area contributed by atoms with Crippen LogP contribution in [0, 0.1) is 0 Å². The van der Waals surface area contributed by atoms with Gasteiger partial charge in [0.05, 0.1) is 27.7 Å². The van der Waals surface area contributed by atoms with Gasteiger partial charge in [0.2, 0.25) is 0 Å². The molecule has 0 amide bonds. The van der Waals surface area contributed by atoms with Gasteiger partial charge < -0.3 is 35.0 Å². The van der Waals surface area contributed by atoms with Crippen LogP contribution in [0.3, 0.4) is 0 Å². The van der Waals surface area contributed by atoms with Crippen LogP contribution in [-0.4, -0.2) is 93.2 Å². The minimum absolute atomic E-state index is 0.0652. The number of nitrogen functional groups attached to an aromatic ring is 1. The molecule has 5 unspecified atom stereocenters. The zero-order chi connectivity index (χ0) is 23.6. The molecule has 15 nitrogen and oxygen atoms in total. The number of ether oxygens (including phenoxy) is 1. The van der Waals surface area contributed by atoms with E-state index in [1.807, 2.05) is 0 Å². The fourth-order valence-corrected chi connectivity index (χ4v) is 4.56. The maximum absolute atomic E-state index is 12.0. The summed E-state index contributed by atoms with van der Waals surface area (Å²) in [6, 6.07) is 1.26. The molecule has 178 valence electrons. The molecule has 2 rings (SSSR count). The van der Waals surface area contributed by atoms with Crippen LogP contribution in [0.1, 0.15) is 6.23 Å². The number of quaternary nitrogens is 1. The van der Waals surface area contributed by atoms with E-state index in [2.05, 4.69) is 18.3 Å². The Morgan fingerprint density at radius 2 is 1.81 bits per heavy atom. The number of hydrogen-bond acceptors (Lipinski definition) is 11. The van der Waals surface area contributed by atoms with Crippen LogP contribution in [0.25, 0.3) is 0 Å². The molecule has 2 heterocycles. The summed E-state index contributed by atoms with van der Waals surface area (Å²) < 4.78 is 43.9. The molecule has 1 fully saturated rings. The van der Waals surface area contributed by atoms with E-state index in [0.29, 0.717) is 11.0 Å². The van der Waals surface area contributed by atoms with E-state index in [-0.39, 0.29) is 12.4 Å². The first-order valence-electron chi connectivity index (χ1n) is 8.93. The number of anilines is 1. The van der Waals surface area contributed by atoms with E-state index in [0.717, 1.165) is 4.57 Å². The molecule has 1 aromatic rings. The summed E-state index contributed by atoms with van der Waals surface area (Å²) in [6.07, 6.45) is -4.82. The molecule has 0 spiro atoms. The van der Waals surface area contributed by atoms with E-state index in [4.69, 9.17) is 10.5 Å². The number of phosphoric acid groups is 2. The molecule has 0 radical (unpaired) electrons. The summed E-state index contributed by atoms with van der Waals surface area (Å²) in [4.78, 5) is 34.7. The minimum atomic E-state index is -5.11. The third-order valence-electron chi connectivity index (χ3n) is 4.09. The average Bonchev–Trinajstić information content (AvgIpc) is 2.86. The Morgan fingerprint density at radius 1 is 1.19 bits per heavy atom. The second kappa shape index (κ2) is 9.73. The molecule has 0 saturated carbocycles. The van der Waals surface area contributed by atoms with Crippen LogP contribution >= 0.6 is 15.6 Å². The molecule has 0 aliphatic carbocycles. The van der Waals surface area contributed by atoms with E-state index in [1.54, 1.807) is 21.1 Å². The van der Waals surface area contributed by atoms with Crippen LogP contribution in [0.4, 0.5) is 5.82 Å². The smallest absolute Gasteiger partial charge is 0.387 e. The number of phosphoric ester groups is 2. The summed E-state index contributed by atoms with van der Waals surface area (Å²) >= 11 is 0. The van der Waals surface area contributed by atoms with E-state index >= 15 is 0 Å². The SMILES string of the molecule is C[N+](C)(C)CCOP(=O)(O)OP(=O)(O)OCC1O[C@@H](n2ccc(N)nc2=O)C(O)C1O. The fourth-order valence-electron chi connectivity index (χ4n) is 2.49. The highest BCUT2D eigenvalue weighted by Gasteiger charge is 2.46. The van der Waals surface area contributed by atoms with Crippen molar-refractivity contribution in [3.63, 3.8) is 0 Å². The quantitative estimate of drug-likeness (QED) is 0.185. The van der Waals surface area contributed by atoms with Crippen molar-refractivity contribution in [3.8, 4) is 0 Å². The maximum atomic E-state index is 12.0. The van der Waals surface area contributed by atoms with Gasteiger partial charge in [0.25, 0.3) is 0 Å². The van der Waals surface area contributed by atoms with Crippen molar-refractivity contribution in [2.24, 2.45) is 0 Å². The number of nitrogens with zero attached hydrogens (tertiary/aromatic N) is 3. The first-order chi connectivity index (χ1) is 14.1. The van der Waals surface area contributed by atoms with E-state index in [1.165, 1.54) is 12.3 Å². The first kappa shape index (κ1) is 26.0. The summed E-state index contributed by atoms with van der Waals surface area (Å²) in [5.41, 5.74) is 4.53. The minimum Gasteiger partial charge on any atom is -0.387 e. The summed E-state index contributed by atoms with van der Waals surface area (Å²) in [7, 11) is -4.64. The average molecular weight is 489 g/mol. The highest BCUT2D eigenvalue weighted by Crippen LogP contribution is 2.60. The Hall–Kier alpha value is -1.22. The van der Waals surface area contributed by atoms with Gasteiger partial charge in [-0.1, -0.05) is 0 Å². The van der Waals surface area contributed by atoms with Crippen LogP contribution in [0.5, 0.6) is 0 Å². The van der Waals surface area contributed by atoms with Gasteiger partial charge in [0, 0.05) is 6.20 Å². The predicted molar refractivity (Wildman–Crippen MR) is 104 cm³/mol. The fraction of sp³-hybridized carbons (Fsp3) is 0.714. The maximum Gasteiger partial charge on any atom is 0.481 e. The second-order valence-corrected chi connectivity index (χ2v) is 10.8. The first-order valence-corrected chi connectivity index (χ1v) is 11.9. The summed E-state index contributed by atoms with van der Waals surface area (Å²) in [6.45, 7) is -0.746. The van der Waals surface area contributed by atoms with Gasteiger partial charge in [-0.05, 0) is 6.07 Å². The lowest BCUT2D eigenvalue weighted by Gasteiger charge is -2.24. The molecular weight excluding hydrogens is 462 g/mol. The Labute approximate surface area is 177 Å². The molecule has 0 bridgehead atoms. The third-order valence-corrected chi connectivity index (χ3v) is 6.72. The summed E-state index contributed by atoms with van der Waals surface area (Å²) in [5, 5.41) is 20.2. The van der Waals surface area contributed by atoms with E-state index < -0.39 is 52.5 Å². The lowest BCUT2D eigenvalue weighted by atomic mass is 10.1. The molecule has 1 saturated heterocycles. The number of rotatable bonds is 10. The monoisotopic (exact) mass is 489 g/mol. The number of hydrogen-bond donors (Lipinski definition) is 5. The van der Waals surface area contributed by atoms with Crippen molar-refractivity contribution in [3.05, 3.63) is 22.7 Å². The second-order valence-electron chi connectivity index (χ2n) is 7.75. The molecule has 17 heteroatoms. The highest BCUT2D eigenvalue weighted by molar-refractivity contribution is 7.61. The normalized spacial score (nSPS) is 28.2. The van der Waals surface area contributed by atoms with Crippen molar-refractivity contribution in [2.75, 3.05) is 46.6 Å². The molecule has 6 atom stereocenters. The number of nitrogens with two attached hydrogens (primary N) is 1. The zero-order valence-corrected chi connectivity index (χ0v) is 18.8. The predicted octanol–water partition coefficient (Wildman–Crippen LogP) is -1.60. The zero-order valence-electron chi connectivity index (χ0n) is 17.0. The molecule has 1 aromatic heterocycles. The number of aliphatic hydroxyl groups is 2. The lowest BCUT2D eigenvalue weighted by Crippen LogP contribution is -2.37. The molecule has 31 heavy (non-hydrogen) atoms. The summed E-state index contributed by atoms with van der Waals surface area (Å²) in [5.74, 6) is -0.0652. The van der Waals surface area contributed by atoms with Gasteiger partial charge in [0.15, 0.2) is 6.23 Å². The molecule has 1 aliphatic rings. The van der Waals surface area contributed by atoms with E-state index in [9.17, 15) is 33.9 Å². The van der Waals surface area contributed by atoms with Gasteiger partial charge in [0.1, 0.15) is 37.3 Å². The van der Waals surface area contributed by atoms with Crippen molar-refractivity contribution < 1.29 is 51.7 Å². The van der Waals surface area contributed by atoms with Gasteiger partial charge in [-0.3, -0.25) is 13.6 Å². The van der Waals surface area contributed by atoms with Crippen LogP contribution < -0.4 is 11.4 Å². The van der Waals surface area contributed by atoms with Crippen LogP contribution in [0.2, 0.25) is 0 Å². The Kier molecular flexibility index (Phi) is 8.17.